The zero-order valence-electron chi connectivity index (χ0n) is 16.9. The van der Waals surface area contributed by atoms with Crippen molar-refractivity contribution in [3.8, 4) is 5.75 Å². The van der Waals surface area contributed by atoms with Crippen molar-refractivity contribution in [3.63, 3.8) is 0 Å². The Hall–Kier alpha value is -1.85. The zero-order valence-corrected chi connectivity index (χ0v) is 17.8. The molecule has 1 N–H and O–H groups in total. The number of likely N-dealkylation sites (tertiary alicyclic amines) is 1. The molecule has 2 aliphatic heterocycles. The summed E-state index contributed by atoms with van der Waals surface area (Å²) in [6.45, 7) is 3.14. The van der Waals surface area contributed by atoms with Gasteiger partial charge in [0.15, 0.2) is 0 Å². The molecule has 0 radical (unpaired) electrons. The molecular formula is C24H30N2O2S. The lowest BCUT2D eigenvalue weighted by Gasteiger charge is -2.47. The molecule has 0 bridgehead atoms. The topological polar surface area (TPSA) is 41.6 Å². The van der Waals surface area contributed by atoms with Gasteiger partial charge < -0.3 is 10.1 Å². The molecule has 1 aliphatic carbocycles. The molecule has 5 heteroatoms. The van der Waals surface area contributed by atoms with Crippen LogP contribution in [0, 0.1) is 0 Å². The van der Waals surface area contributed by atoms with Crippen LogP contribution in [0.2, 0.25) is 0 Å². The number of amides is 1. The number of ether oxygens (including phenoxy) is 1. The summed E-state index contributed by atoms with van der Waals surface area (Å²) in [5, 5.41) is 7.63. The van der Waals surface area contributed by atoms with Gasteiger partial charge in [-0.1, -0.05) is 18.2 Å². The van der Waals surface area contributed by atoms with Crippen LogP contribution >= 0.6 is 11.3 Å². The van der Waals surface area contributed by atoms with E-state index < -0.39 is 0 Å². The van der Waals surface area contributed by atoms with Gasteiger partial charge in [-0.3, -0.25) is 9.69 Å². The average Bonchev–Trinajstić information content (AvgIpc) is 3.20. The van der Waals surface area contributed by atoms with Gasteiger partial charge in [-0.25, -0.2) is 0 Å². The minimum Gasteiger partial charge on any atom is -0.487 e. The summed E-state index contributed by atoms with van der Waals surface area (Å²) in [6.07, 6.45) is 7.13. The summed E-state index contributed by atoms with van der Waals surface area (Å²) >= 11 is 1.77. The third kappa shape index (κ3) is 4.22. The maximum Gasteiger partial charge on any atom is 0.220 e. The van der Waals surface area contributed by atoms with Crippen LogP contribution < -0.4 is 10.1 Å². The third-order valence-corrected chi connectivity index (χ3v) is 7.69. The number of rotatable bonds is 5. The molecule has 4 nitrogen and oxygen atoms in total. The van der Waals surface area contributed by atoms with Crippen LogP contribution in [0.5, 0.6) is 5.75 Å². The van der Waals surface area contributed by atoms with Crippen LogP contribution in [0.4, 0.5) is 0 Å². The molecule has 5 rings (SSSR count). The molecule has 1 saturated carbocycles. The fourth-order valence-corrected chi connectivity index (χ4v) is 5.72. The van der Waals surface area contributed by atoms with Crippen molar-refractivity contribution in [3.05, 3.63) is 52.2 Å². The van der Waals surface area contributed by atoms with Crippen molar-refractivity contribution in [2.45, 2.75) is 69.1 Å². The standard InChI is InChI=1S/C24H30N2O2S/c27-23(25-20-4-3-5-20)14-19-15-24(28-22-7-2-1-6-21(19)22)9-11-26(12-10-24)16-18-8-13-29-17-18/h1-2,6-8,13,17,19-20H,3-5,9-12,14-16H2,(H,25,27). The van der Waals surface area contributed by atoms with Crippen molar-refractivity contribution in [2.24, 2.45) is 0 Å². The number of hydrogen-bond donors (Lipinski definition) is 1. The van der Waals surface area contributed by atoms with Gasteiger partial charge in [-0.15, -0.1) is 0 Å². The number of piperidine rings is 1. The molecule has 3 heterocycles. The summed E-state index contributed by atoms with van der Waals surface area (Å²) < 4.78 is 6.61. The highest BCUT2D eigenvalue weighted by Crippen LogP contribution is 2.46. The smallest absolute Gasteiger partial charge is 0.220 e. The summed E-state index contributed by atoms with van der Waals surface area (Å²) in [7, 11) is 0. The summed E-state index contributed by atoms with van der Waals surface area (Å²) in [4.78, 5) is 15.2. The lowest BCUT2D eigenvalue weighted by molar-refractivity contribution is -0.123. The largest absolute Gasteiger partial charge is 0.487 e. The van der Waals surface area contributed by atoms with Gasteiger partial charge in [-0.2, -0.15) is 11.3 Å². The van der Waals surface area contributed by atoms with E-state index in [9.17, 15) is 4.79 Å². The normalized spacial score (nSPS) is 23.8. The van der Waals surface area contributed by atoms with Crippen LogP contribution in [-0.2, 0) is 11.3 Å². The minimum atomic E-state index is -0.124. The number of hydrogen-bond acceptors (Lipinski definition) is 4. The molecule has 1 unspecified atom stereocenters. The van der Waals surface area contributed by atoms with Gasteiger partial charge in [0.1, 0.15) is 11.4 Å². The Morgan fingerprint density at radius 2 is 2.03 bits per heavy atom. The second-order valence-corrected chi connectivity index (χ2v) is 9.81. The van der Waals surface area contributed by atoms with E-state index in [0.29, 0.717) is 12.5 Å². The Morgan fingerprint density at radius 3 is 2.76 bits per heavy atom. The summed E-state index contributed by atoms with van der Waals surface area (Å²) in [5.74, 6) is 1.45. The predicted octanol–water partition coefficient (Wildman–Crippen LogP) is 4.71. The second kappa shape index (κ2) is 8.11. The van der Waals surface area contributed by atoms with E-state index in [1.54, 1.807) is 11.3 Å². The molecule has 1 amide bonds. The van der Waals surface area contributed by atoms with Gasteiger partial charge >= 0.3 is 0 Å². The van der Waals surface area contributed by atoms with Crippen LogP contribution in [0.1, 0.15) is 62.0 Å². The van der Waals surface area contributed by atoms with Crippen molar-refractivity contribution in [1.29, 1.82) is 0 Å². The molecular weight excluding hydrogens is 380 g/mol. The van der Waals surface area contributed by atoms with Crippen molar-refractivity contribution in [1.82, 2.24) is 10.2 Å². The number of carbonyl (C=O) groups excluding carboxylic acids is 1. The minimum absolute atomic E-state index is 0.124. The van der Waals surface area contributed by atoms with E-state index in [0.717, 1.165) is 57.5 Å². The van der Waals surface area contributed by atoms with Crippen LogP contribution in [0.15, 0.2) is 41.1 Å². The molecule has 1 aromatic carbocycles. The van der Waals surface area contributed by atoms with E-state index in [1.807, 2.05) is 0 Å². The first kappa shape index (κ1) is 19.1. The number of nitrogens with one attached hydrogen (secondary N) is 1. The van der Waals surface area contributed by atoms with E-state index in [-0.39, 0.29) is 17.4 Å². The number of para-hydroxylation sites is 1. The molecule has 1 atom stereocenters. The average molecular weight is 411 g/mol. The first-order valence-corrected chi connectivity index (χ1v) is 11.9. The van der Waals surface area contributed by atoms with E-state index in [4.69, 9.17) is 4.74 Å². The Labute approximate surface area is 177 Å². The van der Waals surface area contributed by atoms with Gasteiger partial charge in [0.25, 0.3) is 0 Å². The van der Waals surface area contributed by atoms with Crippen LogP contribution in [0.3, 0.4) is 0 Å². The first-order valence-electron chi connectivity index (χ1n) is 11.0. The maximum atomic E-state index is 12.7. The molecule has 1 aromatic heterocycles. The molecule has 154 valence electrons. The Bertz CT molecular complexity index is 838. The monoisotopic (exact) mass is 410 g/mol. The highest BCUT2D eigenvalue weighted by Gasteiger charge is 2.43. The molecule has 2 fully saturated rings. The number of carbonyl (C=O) groups is 1. The number of benzene rings is 1. The Kier molecular flexibility index (Phi) is 5.35. The number of nitrogens with zero attached hydrogens (tertiary/aromatic N) is 1. The fourth-order valence-electron chi connectivity index (χ4n) is 5.06. The predicted molar refractivity (Wildman–Crippen MR) is 116 cm³/mol. The highest BCUT2D eigenvalue weighted by molar-refractivity contribution is 7.07. The molecule has 1 saturated heterocycles. The van der Waals surface area contributed by atoms with E-state index in [2.05, 4.69) is 51.3 Å². The van der Waals surface area contributed by atoms with Crippen LogP contribution in [-0.4, -0.2) is 35.5 Å². The fraction of sp³-hybridized carbons (Fsp3) is 0.542. The summed E-state index contributed by atoms with van der Waals surface area (Å²) in [5.41, 5.74) is 2.50. The molecule has 29 heavy (non-hydrogen) atoms. The molecule has 1 spiro atoms. The van der Waals surface area contributed by atoms with Crippen molar-refractivity contribution < 1.29 is 9.53 Å². The van der Waals surface area contributed by atoms with Crippen LogP contribution in [0.25, 0.3) is 0 Å². The highest BCUT2D eigenvalue weighted by atomic mass is 32.1. The lowest BCUT2D eigenvalue weighted by Crippen LogP contribution is -2.50. The van der Waals surface area contributed by atoms with Gasteiger partial charge in [-0.05, 0) is 72.5 Å². The molecule has 2 aromatic rings. The lowest BCUT2D eigenvalue weighted by atomic mass is 9.76. The quantitative estimate of drug-likeness (QED) is 0.776. The van der Waals surface area contributed by atoms with Crippen molar-refractivity contribution in [2.75, 3.05) is 13.1 Å². The van der Waals surface area contributed by atoms with Gasteiger partial charge in [0, 0.05) is 38.0 Å². The molecule has 3 aliphatic rings. The van der Waals surface area contributed by atoms with Crippen molar-refractivity contribution >= 4 is 17.2 Å². The zero-order chi connectivity index (χ0) is 19.7. The Morgan fingerprint density at radius 1 is 1.21 bits per heavy atom. The van der Waals surface area contributed by atoms with E-state index >= 15 is 0 Å². The summed E-state index contributed by atoms with van der Waals surface area (Å²) in [6, 6.07) is 11.0. The Balaban J connectivity index is 1.27. The first-order chi connectivity index (χ1) is 14.2. The van der Waals surface area contributed by atoms with Gasteiger partial charge in [0.05, 0.1) is 0 Å². The van der Waals surface area contributed by atoms with E-state index in [1.165, 1.54) is 17.5 Å². The van der Waals surface area contributed by atoms with Gasteiger partial charge in [0.2, 0.25) is 5.91 Å². The number of fused-ring (bicyclic) bond motifs is 1. The third-order valence-electron chi connectivity index (χ3n) is 6.96. The second-order valence-electron chi connectivity index (χ2n) is 9.03. The number of thiophene rings is 1. The SMILES string of the molecule is O=C(CC1CC2(CCN(Cc3ccsc3)CC2)Oc2ccccc21)NC1CCC1. The maximum absolute atomic E-state index is 12.7.